The van der Waals surface area contributed by atoms with E-state index in [1.165, 1.54) is 22.0 Å². The minimum absolute atomic E-state index is 0.170. The van der Waals surface area contributed by atoms with E-state index in [4.69, 9.17) is 9.47 Å². The van der Waals surface area contributed by atoms with Gasteiger partial charge in [0.15, 0.2) is 11.5 Å². The molecular formula is C25H30N4O4S. The number of nitrogens with one attached hydrogen (secondary N) is 1. The van der Waals surface area contributed by atoms with Crippen LogP contribution in [0.25, 0.3) is 10.2 Å². The predicted molar refractivity (Wildman–Crippen MR) is 134 cm³/mol. The molecule has 0 aliphatic heterocycles. The third kappa shape index (κ3) is 4.84. The molecule has 0 fully saturated rings. The summed E-state index contributed by atoms with van der Waals surface area (Å²) in [6.07, 6.45) is 6.82. The number of amides is 1. The number of benzene rings is 1. The Hall–Kier alpha value is -3.20. The summed E-state index contributed by atoms with van der Waals surface area (Å²) < 4.78 is 12.4. The molecule has 1 N–H and O–H groups in total. The summed E-state index contributed by atoms with van der Waals surface area (Å²) in [6, 6.07) is 4.67. The molecule has 1 aliphatic carbocycles. The quantitative estimate of drug-likeness (QED) is 0.385. The number of nitrogens with zero attached hydrogens (tertiary/aromatic N) is 3. The van der Waals surface area contributed by atoms with Crippen LogP contribution in [0.2, 0.25) is 0 Å². The molecule has 1 aromatic carbocycles. The number of aromatic nitrogens is 2. The number of aryl methyl sites for hydroxylation is 1. The van der Waals surface area contributed by atoms with Gasteiger partial charge in [0.05, 0.1) is 31.6 Å². The van der Waals surface area contributed by atoms with Crippen LogP contribution >= 0.6 is 11.3 Å². The van der Waals surface area contributed by atoms with Crippen molar-refractivity contribution in [3.63, 3.8) is 0 Å². The van der Waals surface area contributed by atoms with Crippen LogP contribution in [-0.2, 0) is 17.6 Å². The molecule has 34 heavy (non-hydrogen) atoms. The van der Waals surface area contributed by atoms with E-state index >= 15 is 0 Å². The third-order valence-corrected chi connectivity index (χ3v) is 7.24. The highest BCUT2D eigenvalue weighted by molar-refractivity contribution is 7.18. The Kier molecular flexibility index (Phi) is 7.31. The van der Waals surface area contributed by atoms with Gasteiger partial charge in [-0.1, -0.05) is 13.8 Å². The van der Waals surface area contributed by atoms with Gasteiger partial charge in [-0.2, -0.15) is 5.10 Å². The number of methoxy groups -OCH3 is 1. The van der Waals surface area contributed by atoms with Crippen molar-refractivity contribution in [3.05, 3.63) is 50.9 Å². The summed E-state index contributed by atoms with van der Waals surface area (Å²) in [5, 5.41) is 4.72. The van der Waals surface area contributed by atoms with Crippen molar-refractivity contribution in [2.24, 2.45) is 11.0 Å². The van der Waals surface area contributed by atoms with Crippen LogP contribution in [0, 0.1) is 5.92 Å². The lowest BCUT2D eigenvalue weighted by Gasteiger charge is -2.18. The molecule has 1 amide bonds. The van der Waals surface area contributed by atoms with Gasteiger partial charge in [-0.25, -0.2) is 10.4 Å². The molecule has 3 aromatic rings. The van der Waals surface area contributed by atoms with Gasteiger partial charge in [-0.15, -0.1) is 11.3 Å². The van der Waals surface area contributed by atoms with E-state index in [-0.39, 0.29) is 5.56 Å². The number of rotatable bonds is 8. The number of hydrogen-bond donors (Lipinski definition) is 1. The number of carbonyl (C=O) groups is 1. The molecular weight excluding hydrogens is 452 g/mol. The summed E-state index contributed by atoms with van der Waals surface area (Å²) in [7, 11) is 1.58. The number of fused-ring (bicyclic) bond motifs is 3. The maximum absolute atomic E-state index is 13.2. The van der Waals surface area contributed by atoms with Crippen LogP contribution in [-0.4, -0.2) is 35.4 Å². The SMILES string of the molecule is CCCOc1ccc(/C=N\NC(=O)[C@H](C)n2cnc3sc4c(c3c2=O)CC[C@@H](C)C4)cc1OC. The van der Waals surface area contributed by atoms with Crippen LogP contribution in [0.3, 0.4) is 0 Å². The highest BCUT2D eigenvalue weighted by Gasteiger charge is 2.25. The van der Waals surface area contributed by atoms with E-state index in [2.05, 4.69) is 22.4 Å². The molecule has 0 radical (unpaired) electrons. The van der Waals surface area contributed by atoms with E-state index in [1.807, 2.05) is 19.1 Å². The lowest BCUT2D eigenvalue weighted by Crippen LogP contribution is -2.34. The molecule has 0 saturated carbocycles. The summed E-state index contributed by atoms with van der Waals surface area (Å²) in [5.74, 6) is 1.47. The van der Waals surface area contributed by atoms with Gasteiger partial charge >= 0.3 is 0 Å². The second-order valence-corrected chi connectivity index (χ2v) is 9.74. The number of carbonyl (C=O) groups excluding carboxylic acids is 1. The third-order valence-electron chi connectivity index (χ3n) is 6.08. The molecule has 4 rings (SSSR count). The largest absolute Gasteiger partial charge is 0.493 e. The highest BCUT2D eigenvalue weighted by Crippen LogP contribution is 2.35. The van der Waals surface area contributed by atoms with Crippen LogP contribution in [0.15, 0.2) is 34.4 Å². The van der Waals surface area contributed by atoms with Gasteiger partial charge in [-0.05, 0) is 67.9 Å². The minimum atomic E-state index is -0.751. The van der Waals surface area contributed by atoms with Crippen LogP contribution in [0.4, 0.5) is 0 Å². The van der Waals surface area contributed by atoms with Gasteiger partial charge in [0.25, 0.3) is 11.5 Å². The second kappa shape index (κ2) is 10.4. The average Bonchev–Trinajstić information content (AvgIpc) is 3.21. The first-order chi connectivity index (χ1) is 16.4. The van der Waals surface area contributed by atoms with Crippen molar-refractivity contribution in [3.8, 4) is 11.5 Å². The molecule has 2 aromatic heterocycles. The van der Waals surface area contributed by atoms with Gasteiger partial charge in [0.1, 0.15) is 10.9 Å². The van der Waals surface area contributed by atoms with Crippen molar-refractivity contribution in [1.29, 1.82) is 0 Å². The maximum atomic E-state index is 13.2. The van der Waals surface area contributed by atoms with Crippen molar-refractivity contribution in [2.75, 3.05) is 13.7 Å². The zero-order valence-electron chi connectivity index (χ0n) is 20.0. The maximum Gasteiger partial charge on any atom is 0.263 e. The molecule has 2 heterocycles. The minimum Gasteiger partial charge on any atom is -0.493 e. The summed E-state index contributed by atoms with van der Waals surface area (Å²) >= 11 is 1.60. The predicted octanol–water partition coefficient (Wildman–Crippen LogP) is 4.09. The Morgan fingerprint density at radius 2 is 2.24 bits per heavy atom. The van der Waals surface area contributed by atoms with E-state index in [1.54, 1.807) is 31.4 Å². The molecule has 9 heteroatoms. The molecule has 8 nitrogen and oxygen atoms in total. The zero-order valence-corrected chi connectivity index (χ0v) is 20.8. The monoisotopic (exact) mass is 482 g/mol. The lowest BCUT2D eigenvalue weighted by molar-refractivity contribution is -0.123. The van der Waals surface area contributed by atoms with Gasteiger partial charge in [-0.3, -0.25) is 14.2 Å². The number of hydrazone groups is 1. The molecule has 0 bridgehead atoms. The molecule has 0 unspecified atom stereocenters. The Bertz CT molecular complexity index is 1280. The lowest BCUT2D eigenvalue weighted by atomic mass is 9.89. The summed E-state index contributed by atoms with van der Waals surface area (Å²) in [5.41, 5.74) is 4.21. The number of ether oxygens (including phenoxy) is 2. The van der Waals surface area contributed by atoms with E-state index in [9.17, 15) is 9.59 Å². The highest BCUT2D eigenvalue weighted by atomic mass is 32.1. The standard InChI is InChI=1S/C25H30N4O4S/c1-5-10-33-19-9-7-17(12-20(19)32-4)13-27-28-23(30)16(3)29-14-26-24-22(25(29)31)18-8-6-15(2)11-21(18)34-24/h7,9,12-16H,5-6,8,10-11H2,1-4H3,(H,28,30)/b27-13-/t15-,16+/m1/s1. The van der Waals surface area contributed by atoms with Gasteiger partial charge in [0.2, 0.25) is 0 Å². The Morgan fingerprint density at radius 3 is 3.00 bits per heavy atom. The number of hydrogen-bond acceptors (Lipinski definition) is 7. The van der Waals surface area contributed by atoms with Crippen molar-refractivity contribution in [1.82, 2.24) is 15.0 Å². The topological polar surface area (TPSA) is 94.8 Å². The van der Waals surface area contributed by atoms with E-state index in [0.29, 0.717) is 29.4 Å². The van der Waals surface area contributed by atoms with Crippen molar-refractivity contribution in [2.45, 2.75) is 52.5 Å². The fourth-order valence-corrected chi connectivity index (χ4v) is 5.45. The first-order valence-electron chi connectivity index (χ1n) is 11.6. The Balaban J connectivity index is 1.48. The molecule has 1 aliphatic rings. The molecule has 2 atom stereocenters. The number of thiophene rings is 1. The normalized spacial score (nSPS) is 16.4. The van der Waals surface area contributed by atoms with Gasteiger partial charge in [0, 0.05) is 4.88 Å². The second-order valence-electron chi connectivity index (χ2n) is 8.66. The Labute approximate surface area is 202 Å². The summed E-state index contributed by atoms with van der Waals surface area (Å²) in [4.78, 5) is 32.5. The zero-order chi connectivity index (χ0) is 24.2. The fraction of sp³-hybridized carbons (Fsp3) is 0.440. The van der Waals surface area contributed by atoms with Crippen LogP contribution < -0.4 is 20.5 Å². The first kappa shape index (κ1) is 23.9. The van der Waals surface area contributed by atoms with Gasteiger partial charge < -0.3 is 9.47 Å². The summed E-state index contributed by atoms with van der Waals surface area (Å²) in [6.45, 7) is 6.54. The average molecular weight is 483 g/mol. The van der Waals surface area contributed by atoms with Crippen LogP contribution in [0.1, 0.15) is 55.7 Å². The molecule has 0 saturated heterocycles. The fourth-order valence-electron chi connectivity index (χ4n) is 4.11. The molecule has 180 valence electrons. The first-order valence-corrected chi connectivity index (χ1v) is 12.4. The Morgan fingerprint density at radius 1 is 1.41 bits per heavy atom. The van der Waals surface area contributed by atoms with E-state index in [0.717, 1.165) is 41.6 Å². The van der Waals surface area contributed by atoms with E-state index < -0.39 is 11.9 Å². The van der Waals surface area contributed by atoms with Crippen molar-refractivity contribution >= 4 is 33.7 Å². The van der Waals surface area contributed by atoms with Crippen LogP contribution in [0.5, 0.6) is 11.5 Å². The smallest absolute Gasteiger partial charge is 0.263 e. The van der Waals surface area contributed by atoms with Crippen molar-refractivity contribution < 1.29 is 14.3 Å². The molecule has 0 spiro atoms.